The number of benzene rings is 2. The van der Waals surface area contributed by atoms with Gasteiger partial charge in [0.15, 0.2) is 0 Å². The first-order valence-corrected chi connectivity index (χ1v) is 18.2. The Morgan fingerprint density at radius 2 is 1.49 bits per heavy atom. The lowest BCUT2D eigenvalue weighted by molar-refractivity contribution is 0.155. The van der Waals surface area contributed by atoms with E-state index in [1.165, 1.54) is 88.2 Å². The van der Waals surface area contributed by atoms with Crippen LogP contribution in [0.5, 0.6) is 0 Å². The zero-order valence-corrected chi connectivity index (χ0v) is 28.6. The molecule has 6 rings (SSSR count). The average Bonchev–Trinajstić information content (AvgIpc) is 3.10. The second-order valence-corrected chi connectivity index (χ2v) is 14.3. The van der Waals surface area contributed by atoms with Crippen molar-refractivity contribution in [1.82, 2.24) is 0 Å². The summed E-state index contributed by atoms with van der Waals surface area (Å²) in [5.74, 6) is 3.72. The molecule has 0 amide bonds. The Hall–Kier alpha value is -3.60. The minimum atomic E-state index is -0.155. The highest BCUT2D eigenvalue weighted by Crippen LogP contribution is 2.44. The highest BCUT2D eigenvalue weighted by atomic mass is 14.7. The molecule has 2 atom stereocenters. The van der Waals surface area contributed by atoms with E-state index < -0.39 is 0 Å². The van der Waals surface area contributed by atoms with E-state index in [2.05, 4.69) is 43.8 Å². The molecule has 4 aliphatic carbocycles. The van der Waals surface area contributed by atoms with E-state index in [-0.39, 0.29) is 12.1 Å². The van der Waals surface area contributed by atoms with Crippen LogP contribution in [-0.2, 0) is 0 Å². The number of rotatable bonds is 8. The van der Waals surface area contributed by atoms with Gasteiger partial charge in [0.2, 0.25) is 0 Å². The lowest BCUT2D eigenvalue weighted by Crippen LogP contribution is -2.26. The molecule has 0 heterocycles. The fourth-order valence-corrected chi connectivity index (χ4v) is 8.12. The van der Waals surface area contributed by atoms with Crippen molar-refractivity contribution in [1.29, 1.82) is 0 Å². The van der Waals surface area contributed by atoms with Crippen molar-refractivity contribution in [2.75, 3.05) is 0 Å². The van der Waals surface area contributed by atoms with Gasteiger partial charge >= 0.3 is 0 Å². The number of nitrogens with two attached hydrogens (primary N) is 4. The van der Waals surface area contributed by atoms with Crippen LogP contribution in [0.4, 0.5) is 0 Å². The van der Waals surface area contributed by atoms with Crippen molar-refractivity contribution >= 4 is 11.6 Å². The molecule has 4 nitrogen and oxygen atoms in total. The van der Waals surface area contributed by atoms with Crippen LogP contribution in [0.3, 0.4) is 0 Å². The summed E-state index contributed by atoms with van der Waals surface area (Å²) in [5, 5.41) is 0. The highest BCUT2D eigenvalue weighted by molar-refractivity contribution is 5.81. The molecule has 250 valence electrons. The van der Waals surface area contributed by atoms with Crippen LogP contribution in [0.1, 0.15) is 107 Å². The molecule has 2 fully saturated rings. The molecule has 2 aromatic carbocycles. The Labute approximate surface area is 284 Å². The first kappa shape index (κ1) is 34.7. The Bertz CT molecular complexity index is 1480. The van der Waals surface area contributed by atoms with Crippen LogP contribution in [0.25, 0.3) is 11.6 Å². The van der Waals surface area contributed by atoms with E-state index in [0.29, 0.717) is 11.6 Å². The Morgan fingerprint density at radius 1 is 0.787 bits per heavy atom. The van der Waals surface area contributed by atoms with Crippen LogP contribution in [0.2, 0.25) is 0 Å². The van der Waals surface area contributed by atoms with Gasteiger partial charge in [-0.1, -0.05) is 131 Å². The van der Waals surface area contributed by atoms with E-state index in [1.807, 2.05) is 60.7 Å². The third-order valence-electron chi connectivity index (χ3n) is 11.1. The molecule has 0 aromatic heterocycles. The number of hydrogen-bond donors (Lipinski definition) is 4. The van der Waals surface area contributed by atoms with Gasteiger partial charge in [0.1, 0.15) is 0 Å². The van der Waals surface area contributed by atoms with Gasteiger partial charge in [-0.15, -0.1) is 0 Å². The van der Waals surface area contributed by atoms with Crippen molar-refractivity contribution in [3.05, 3.63) is 131 Å². The summed E-state index contributed by atoms with van der Waals surface area (Å²) >= 11 is 0. The van der Waals surface area contributed by atoms with Crippen LogP contribution >= 0.6 is 0 Å². The Balaban J connectivity index is 0.000000241. The van der Waals surface area contributed by atoms with E-state index in [4.69, 9.17) is 22.9 Å². The lowest BCUT2D eigenvalue weighted by Gasteiger charge is -2.38. The molecule has 2 unspecified atom stereocenters. The molecule has 2 saturated carbocycles. The molecule has 0 aliphatic heterocycles. The smallest absolute Gasteiger partial charge is 0.0504 e. The molecule has 0 saturated heterocycles. The number of allylic oxidation sites excluding steroid dienone is 4. The van der Waals surface area contributed by atoms with E-state index >= 15 is 0 Å². The zero-order valence-electron chi connectivity index (χ0n) is 28.6. The lowest BCUT2D eigenvalue weighted by atomic mass is 9.68. The maximum absolute atomic E-state index is 6.25. The fourth-order valence-electron chi connectivity index (χ4n) is 8.12. The molecule has 8 N–H and O–H groups in total. The predicted molar refractivity (Wildman–Crippen MR) is 202 cm³/mol. The molecule has 0 radical (unpaired) electrons. The summed E-state index contributed by atoms with van der Waals surface area (Å²) in [5.41, 5.74) is 32.3. The summed E-state index contributed by atoms with van der Waals surface area (Å²) in [6, 6.07) is 18.8. The molecule has 0 spiro atoms. The first-order valence-electron chi connectivity index (χ1n) is 18.2. The topological polar surface area (TPSA) is 104 Å². The summed E-state index contributed by atoms with van der Waals surface area (Å²) in [4.78, 5) is 0. The van der Waals surface area contributed by atoms with Crippen molar-refractivity contribution in [3.63, 3.8) is 0 Å². The van der Waals surface area contributed by atoms with Crippen LogP contribution in [-0.4, -0.2) is 12.1 Å². The maximum Gasteiger partial charge on any atom is 0.0504 e. The SMILES string of the molecule is C=C1C(N)=C(c2ccccc2)C=CC1N.CCCCCC1CCC(C2CCC(c3cccc(C=C4C(N)=CC=CC4N)c3)CC2)CC1. The third kappa shape index (κ3) is 9.27. The van der Waals surface area contributed by atoms with Crippen molar-refractivity contribution in [3.8, 4) is 0 Å². The van der Waals surface area contributed by atoms with Gasteiger partial charge in [0.05, 0.1) is 6.04 Å². The van der Waals surface area contributed by atoms with Gasteiger partial charge in [-0.2, -0.15) is 0 Å². The summed E-state index contributed by atoms with van der Waals surface area (Å²) in [6.07, 6.45) is 29.2. The predicted octanol–water partition coefficient (Wildman–Crippen LogP) is 9.28. The molecular formula is C43H58N4. The quantitative estimate of drug-likeness (QED) is 0.218. The summed E-state index contributed by atoms with van der Waals surface area (Å²) in [7, 11) is 0. The fraction of sp³-hybridized carbons (Fsp3) is 0.442. The van der Waals surface area contributed by atoms with Crippen LogP contribution in [0.15, 0.2) is 114 Å². The zero-order chi connectivity index (χ0) is 33.2. The van der Waals surface area contributed by atoms with Crippen molar-refractivity contribution < 1.29 is 0 Å². The Morgan fingerprint density at radius 3 is 2.17 bits per heavy atom. The van der Waals surface area contributed by atoms with Gasteiger partial charge < -0.3 is 22.9 Å². The van der Waals surface area contributed by atoms with E-state index in [1.54, 1.807) is 0 Å². The molecule has 4 aliphatic rings. The second-order valence-electron chi connectivity index (χ2n) is 14.3. The first-order chi connectivity index (χ1) is 22.8. The molecular weight excluding hydrogens is 573 g/mol. The van der Waals surface area contributed by atoms with E-state index in [0.717, 1.165) is 45.7 Å². The third-order valence-corrected chi connectivity index (χ3v) is 11.1. The van der Waals surface area contributed by atoms with Gasteiger partial charge in [-0.05, 0) is 102 Å². The molecule has 0 bridgehead atoms. The molecule has 2 aromatic rings. The minimum Gasteiger partial charge on any atom is -0.398 e. The van der Waals surface area contributed by atoms with Gasteiger partial charge in [-0.3, -0.25) is 0 Å². The maximum atomic E-state index is 6.25. The summed E-state index contributed by atoms with van der Waals surface area (Å²) in [6.45, 7) is 6.21. The Kier molecular flexibility index (Phi) is 12.6. The monoisotopic (exact) mass is 630 g/mol. The highest BCUT2D eigenvalue weighted by Gasteiger charge is 2.31. The van der Waals surface area contributed by atoms with Crippen LogP contribution in [0, 0.1) is 17.8 Å². The van der Waals surface area contributed by atoms with Crippen molar-refractivity contribution in [2.45, 2.75) is 102 Å². The van der Waals surface area contributed by atoms with Gasteiger partial charge in [0, 0.05) is 23.0 Å². The average molecular weight is 631 g/mol. The second kappa shape index (κ2) is 17.0. The van der Waals surface area contributed by atoms with Gasteiger partial charge in [0.25, 0.3) is 0 Å². The normalized spacial score (nSPS) is 28.5. The largest absolute Gasteiger partial charge is 0.398 e. The van der Waals surface area contributed by atoms with Crippen LogP contribution < -0.4 is 22.9 Å². The number of unbranched alkanes of at least 4 members (excludes halogenated alkanes) is 2. The number of hydrogen-bond acceptors (Lipinski definition) is 4. The van der Waals surface area contributed by atoms with Gasteiger partial charge in [-0.25, -0.2) is 0 Å². The van der Waals surface area contributed by atoms with E-state index in [9.17, 15) is 0 Å². The standard InChI is InChI=1S/C30H44N2.C13H14N2/c1-2-3-4-7-22-12-14-24(15-13-22)25-16-18-26(19-17-25)27-9-5-8-23(20-27)21-28-29(31)10-6-11-30(28)32;1-9-12(14)8-7-11(13(9)15)10-5-3-2-4-6-10/h5-6,8-11,20-22,24-26,29H,2-4,7,12-19,31-32H2,1H3;2-8,12H,1,14-15H2. The minimum absolute atomic E-state index is 0.110. The summed E-state index contributed by atoms with van der Waals surface area (Å²) < 4.78 is 0. The molecule has 4 heteroatoms. The molecule has 47 heavy (non-hydrogen) atoms. The van der Waals surface area contributed by atoms with Crippen molar-refractivity contribution in [2.24, 2.45) is 40.7 Å².